The Balaban J connectivity index is 1.97. The lowest BCUT2D eigenvalue weighted by Gasteiger charge is -2.10. The fourth-order valence-electron chi connectivity index (χ4n) is 1.93. The molecule has 0 aliphatic rings. The van der Waals surface area contributed by atoms with Gasteiger partial charge in [-0.2, -0.15) is 0 Å². The molecule has 0 saturated heterocycles. The van der Waals surface area contributed by atoms with Gasteiger partial charge in [-0.25, -0.2) is 4.99 Å². The number of aromatic nitrogens is 1. The summed E-state index contributed by atoms with van der Waals surface area (Å²) >= 11 is 1.81. The molecule has 2 rings (SSSR count). The van der Waals surface area contributed by atoms with Crippen molar-refractivity contribution in [1.82, 2.24) is 15.6 Å². The molecule has 21 heavy (non-hydrogen) atoms. The number of nitrogens with one attached hydrogen (secondary N) is 2. The van der Waals surface area contributed by atoms with E-state index in [1.54, 1.807) is 0 Å². The van der Waals surface area contributed by atoms with Crippen molar-refractivity contribution in [3.63, 3.8) is 0 Å². The second-order valence-electron chi connectivity index (χ2n) is 4.83. The second-order valence-corrected chi connectivity index (χ2v) is 6.20. The summed E-state index contributed by atoms with van der Waals surface area (Å²) in [4.78, 5) is 11.6. The Bertz CT molecular complexity index is 604. The first kappa shape index (κ1) is 15.5. The molecule has 0 radical (unpaired) electrons. The monoisotopic (exact) mass is 302 g/mol. The highest BCUT2D eigenvalue weighted by Crippen LogP contribution is 2.14. The number of guanidine groups is 1. The van der Waals surface area contributed by atoms with Crippen LogP contribution in [0.4, 0.5) is 0 Å². The molecule has 2 heterocycles. The van der Waals surface area contributed by atoms with E-state index in [4.69, 9.17) is 0 Å². The molecular formula is C16H22N4S. The van der Waals surface area contributed by atoms with E-state index in [0.29, 0.717) is 6.54 Å². The van der Waals surface area contributed by atoms with E-state index >= 15 is 0 Å². The normalized spacial score (nSPS) is 11.5. The number of thiophene rings is 1. The molecule has 112 valence electrons. The molecule has 0 saturated carbocycles. The molecule has 2 aromatic heterocycles. The maximum Gasteiger partial charge on any atom is 0.191 e. The number of aryl methyl sites for hydroxylation is 2. The Morgan fingerprint density at radius 1 is 1.24 bits per heavy atom. The van der Waals surface area contributed by atoms with Crippen molar-refractivity contribution in [1.29, 1.82) is 0 Å². The topological polar surface area (TPSA) is 49.3 Å². The predicted molar refractivity (Wildman–Crippen MR) is 89.7 cm³/mol. The summed E-state index contributed by atoms with van der Waals surface area (Å²) in [7, 11) is 0. The molecule has 0 unspecified atom stereocenters. The van der Waals surface area contributed by atoms with Gasteiger partial charge >= 0.3 is 0 Å². The predicted octanol–water partition coefficient (Wildman–Crippen LogP) is 3.02. The minimum Gasteiger partial charge on any atom is -0.357 e. The third-order valence-corrected chi connectivity index (χ3v) is 4.08. The minimum atomic E-state index is 0.589. The Hall–Kier alpha value is -1.88. The van der Waals surface area contributed by atoms with Gasteiger partial charge in [0, 0.05) is 22.5 Å². The van der Waals surface area contributed by atoms with Crippen molar-refractivity contribution < 1.29 is 0 Å². The molecule has 0 spiro atoms. The van der Waals surface area contributed by atoms with Gasteiger partial charge in [0.05, 0.1) is 18.8 Å². The number of nitrogens with zero attached hydrogens (tertiary/aromatic N) is 2. The van der Waals surface area contributed by atoms with Crippen LogP contribution in [0.2, 0.25) is 0 Å². The van der Waals surface area contributed by atoms with Crippen molar-refractivity contribution in [3.8, 4) is 0 Å². The first-order valence-electron chi connectivity index (χ1n) is 7.17. The van der Waals surface area contributed by atoms with Crippen molar-refractivity contribution in [2.75, 3.05) is 6.54 Å². The van der Waals surface area contributed by atoms with Crippen LogP contribution in [0.5, 0.6) is 0 Å². The highest BCUT2D eigenvalue weighted by Gasteiger charge is 2.02. The van der Waals surface area contributed by atoms with E-state index in [9.17, 15) is 0 Å². The summed E-state index contributed by atoms with van der Waals surface area (Å²) in [5.41, 5.74) is 2.19. The van der Waals surface area contributed by atoms with Gasteiger partial charge in [-0.05, 0) is 44.5 Å². The van der Waals surface area contributed by atoms with Crippen molar-refractivity contribution in [2.45, 2.75) is 33.9 Å². The zero-order valence-corrected chi connectivity index (χ0v) is 13.6. The summed E-state index contributed by atoms with van der Waals surface area (Å²) in [5.74, 6) is 0.827. The first-order valence-corrected chi connectivity index (χ1v) is 7.98. The van der Waals surface area contributed by atoms with E-state index in [-0.39, 0.29) is 0 Å². The summed E-state index contributed by atoms with van der Waals surface area (Å²) in [6.45, 7) is 8.48. The number of pyridine rings is 1. The lowest BCUT2D eigenvalue weighted by molar-refractivity contribution is 0.817. The van der Waals surface area contributed by atoms with Crippen LogP contribution in [-0.2, 0) is 13.1 Å². The summed E-state index contributed by atoms with van der Waals surface area (Å²) in [6.07, 6.45) is 1.81. The number of hydrogen-bond donors (Lipinski definition) is 2. The molecule has 0 aliphatic heterocycles. The second kappa shape index (κ2) is 7.78. The SMILES string of the molecule is CCNC(=NCc1ncccc1C)NCc1ccc(C)s1. The highest BCUT2D eigenvalue weighted by molar-refractivity contribution is 7.11. The number of aliphatic imine (C=N–C) groups is 1. The van der Waals surface area contributed by atoms with E-state index < -0.39 is 0 Å². The van der Waals surface area contributed by atoms with Gasteiger partial charge in [0.2, 0.25) is 0 Å². The van der Waals surface area contributed by atoms with Gasteiger partial charge < -0.3 is 10.6 Å². The Morgan fingerprint density at radius 2 is 2.10 bits per heavy atom. The molecular weight excluding hydrogens is 280 g/mol. The fraction of sp³-hybridized carbons (Fsp3) is 0.375. The van der Waals surface area contributed by atoms with Crippen LogP contribution in [-0.4, -0.2) is 17.5 Å². The van der Waals surface area contributed by atoms with Crippen LogP contribution in [0.25, 0.3) is 0 Å². The summed E-state index contributed by atoms with van der Waals surface area (Å²) < 4.78 is 0. The van der Waals surface area contributed by atoms with Crippen LogP contribution in [0, 0.1) is 13.8 Å². The Morgan fingerprint density at radius 3 is 2.76 bits per heavy atom. The van der Waals surface area contributed by atoms with E-state index in [1.807, 2.05) is 23.6 Å². The van der Waals surface area contributed by atoms with E-state index in [2.05, 4.69) is 59.6 Å². The quantitative estimate of drug-likeness (QED) is 0.659. The molecule has 5 heteroatoms. The highest BCUT2D eigenvalue weighted by atomic mass is 32.1. The van der Waals surface area contributed by atoms with E-state index in [1.165, 1.54) is 15.3 Å². The third kappa shape index (κ3) is 4.86. The smallest absolute Gasteiger partial charge is 0.191 e. The average Bonchev–Trinajstić information content (AvgIpc) is 2.89. The minimum absolute atomic E-state index is 0.589. The summed E-state index contributed by atoms with van der Waals surface area (Å²) in [5, 5.41) is 6.63. The van der Waals surface area contributed by atoms with Crippen LogP contribution in [0.15, 0.2) is 35.5 Å². The third-order valence-electron chi connectivity index (χ3n) is 3.08. The Kier molecular flexibility index (Phi) is 5.75. The average molecular weight is 302 g/mol. The van der Waals surface area contributed by atoms with Gasteiger partial charge in [-0.1, -0.05) is 6.07 Å². The molecule has 0 fully saturated rings. The standard InChI is InChI=1S/C16H22N4S/c1-4-17-16(19-10-14-8-7-13(3)21-14)20-11-15-12(2)6-5-9-18-15/h5-9H,4,10-11H2,1-3H3,(H2,17,19,20). The van der Waals surface area contributed by atoms with Crippen LogP contribution in [0.3, 0.4) is 0 Å². The van der Waals surface area contributed by atoms with Crippen LogP contribution < -0.4 is 10.6 Å². The summed E-state index contributed by atoms with van der Waals surface area (Å²) in [6, 6.07) is 8.31. The maximum atomic E-state index is 4.60. The number of rotatable bonds is 5. The largest absolute Gasteiger partial charge is 0.357 e. The lowest BCUT2D eigenvalue weighted by atomic mass is 10.2. The Labute approximate surface area is 130 Å². The van der Waals surface area contributed by atoms with Crippen molar-refractivity contribution >= 4 is 17.3 Å². The van der Waals surface area contributed by atoms with Gasteiger partial charge in [0.15, 0.2) is 5.96 Å². The molecule has 2 N–H and O–H groups in total. The van der Waals surface area contributed by atoms with E-state index in [0.717, 1.165) is 24.7 Å². The van der Waals surface area contributed by atoms with Gasteiger partial charge in [0.1, 0.15) is 0 Å². The molecule has 0 bridgehead atoms. The number of hydrogen-bond acceptors (Lipinski definition) is 3. The molecule has 2 aromatic rings. The van der Waals surface area contributed by atoms with Gasteiger partial charge in [-0.15, -0.1) is 11.3 Å². The molecule has 0 aliphatic carbocycles. The lowest BCUT2D eigenvalue weighted by Crippen LogP contribution is -2.36. The zero-order valence-electron chi connectivity index (χ0n) is 12.8. The fourth-order valence-corrected chi connectivity index (χ4v) is 2.76. The zero-order chi connectivity index (χ0) is 15.1. The first-order chi connectivity index (χ1) is 10.2. The van der Waals surface area contributed by atoms with Crippen LogP contribution in [0.1, 0.15) is 27.9 Å². The molecule has 4 nitrogen and oxygen atoms in total. The van der Waals surface area contributed by atoms with Crippen molar-refractivity contribution in [2.24, 2.45) is 4.99 Å². The van der Waals surface area contributed by atoms with Gasteiger partial charge in [0.25, 0.3) is 0 Å². The molecule has 0 aromatic carbocycles. The van der Waals surface area contributed by atoms with Gasteiger partial charge in [-0.3, -0.25) is 4.98 Å². The van der Waals surface area contributed by atoms with Crippen LogP contribution >= 0.6 is 11.3 Å². The molecule has 0 amide bonds. The maximum absolute atomic E-state index is 4.60. The van der Waals surface area contributed by atoms with Crippen molar-refractivity contribution in [3.05, 3.63) is 51.5 Å². The molecule has 0 atom stereocenters.